The average Bonchev–Trinajstić information content (AvgIpc) is 3.12. The van der Waals surface area contributed by atoms with Gasteiger partial charge in [-0.05, 0) is 37.6 Å². The zero-order valence-corrected chi connectivity index (χ0v) is 17.0. The zero-order chi connectivity index (χ0) is 20.7. The smallest absolute Gasteiger partial charge is 0.330 e. The van der Waals surface area contributed by atoms with Gasteiger partial charge in [0.25, 0.3) is 5.56 Å². The number of hydrogen-bond acceptors (Lipinski definition) is 3. The molecule has 0 aliphatic rings. The molecule has 6 nitrogen and oxygen atoms in total. The van der Waals surface area contributed by atoms with Crippen LogP contribution in [0.25, 0.3) is 27.8 Å². The maximum Gasteiger partial charge on any atom is 0.330 e. The van der Waals surface area contributed by atoms with Crippen molar-refractivity contribution in [3.05, 3.63) is 81.1 Å². The Kier molecular flexibility index (Phi) is 4.62. The van der Waals surface area contributed by atoms with Crippen molar-refractivity contribution in [1.29, 1.82) is 0 Å². The van der Waals surface area contributed by atoms with Crippen LogP contribution in [0, 0.1) is 6.92 Å². The third kappa shape index (κ3) is 2.97. The largest absolute Gasteiger partial charge is 0.492 e. The maximum atomic E-state index is 13.1. The molecule has 0 spiro atoms. The first kappa shape index (κ1) is 18.8. The van der Waals surface area contributed by atoms with Crippen LogP contribution >= 0.6 is 0 Å². The molecule has 0 radical (unpaired) electrons. The van der Waals surface area contributed by atoms with Gasteiger partial charge in [0.2, 0.25) is 0 Å². The van der Waals surface area contributed by atoms with E-state index in [-0.39, 0.29) is 11.2 Å². The lowest BCUT2D eigenvalue weighted by atomic mass is 10.1. The third-order valence-electron chi connectivity index (χ3n) is 5.16. The molecule has 0 N–H and O–H groups in total. The van der Waals surface area contributed by atoms with Gasteiger partial charge in [0.15, 0.2) is 0 Å². The predicted molar refractivity (Wildman–Crippen MR) is 115 cm³/mol. The lowest BCUT2D eigenvalue weighted by molar-refractivity contribution is 0.339. The number of nitrogens with zero attached hydrogens (tertiary/aromatic N) is 3. The molecule has 0 saturated carbocycles. The normalized spacial score (nSPS) is 11.2. The summed E-state index contributed by atoms with van der Waals surface area (Å²) in [5, 5.41) is 0.506. The second-order valence-electron chi connectivity index (χ2n) is 7.08. The number of benzene rings is 2. The SMILES string of the molecule is CCOc1ccccc1-n1cc2c(c1-c1cccc(C)c1)c(=O)n(C)c(=O)n2C. The van der Waals surface area contributed by atoms with Crippen molar-refractivity contribution in [1.82, 2.24) is 13.7 Å². The van der Waals surface area contributed by atoms with Crippen molar-refractivity contribution < 1.29 is 4.74 Å². The first-order valence-electron chi connectivity index (χ1n) is 9.54. The lowest BCUT2D eigenvalue weighted by Gasteiger charge is -2.14. The van der Waals surface area contributed by atoms with Crippen LogP contribution in [0.15, 0.2) is 64.3 Å². The molecule has 0 atom stereocenters. The van der Waals surface area contributed by atoms with Gasteiger partial charge in [-0.25, -0.2) is 4.79 Å². The Balaban J connectivity index is 2.20. The number of ether oxygens (including phenoxy) is 1. The topological polar surface area (TPSA) is 58.2 Å². The number of hydrogen-bond donors (Lipinski definition) is 0. The summed E-state index contributed by atoms with van der Waals surface area (Å²) in [6.45, 7) is 4.47. The van der Waals surface area contributed by atoms with E-state index in [4.69, 9.17) is 4.74 Å². The maximum absolute atomic E-state index is 13.1. The molecule has 0 bridgehead atoms. The molecule has 2 aromatic carbocycles. The Bertz CT molecular complexity index is 1340. The molecule has 0 aliphatic carbocycles. The quantitative estimate of drug-likeness (QED) is 0.538. The van der Waals surface area contributed by atoms with Gasteiger partial charge in [-0.15, -0.1) is 0 Å². The first-order valence-corrected chi connectivity index (χ1v) is 9.54. The van der Waals surface area contributed by atoms with Crippen LogP contribution in [-0.2, 0) is 14.1 Å². The van der Waals surface area contributed by atoms with Crippen LogP contribution in [0.2, 0.25) is 0 Å². The minimum absolute atomic E-state index is 0.313. The monoisotopic (exact) mass is 389 g/mol. The van der Waals surface area contributed by atoms with E-state index >= 15 is 0 Å². The van der Waals surface area contributed by atoms with Crippen LogP contribution in [0.5, 0.6) is 5.75 Å². The van der Waals surface area contributed by atoms with Gasteiger partial charge in [-0.2, -0.15) is 0 Å². The molecule has 29 heavy (non-hydrogen) atoms. The van der Waals surface area contributed by atoms with Gasteiger partial charge < -0.3 is 9.30 Å². The van der Waals surface area contributed by atoms with Crippen molar-refractivity contribution in [2.24, 2.45) is 14.1 Å². The van der Waals surface area contributed by atoms with Crippen LogP contribution in [-0.4, -0.2) is 20.3 Å². The minimum atomic E-state index is -0.353. The third-order valence-corrected chi connectivity index (χ3v) is 5.16. The van der Waals surface area contributed by atoms with Gasteiger partial charge in [0.1, 0.15) is 5.75 Å². The van der Waals surface area contributed by atoms with Crippen molar-refractivity contribution in [3.63, 3.8) is 0 Å². The molecule has 4 aromatic rings. The number of aromatic nitrogens is 3. The van der Waals surface area contributed by atoms with Crippen molar-refractivity contribution >= 4 is 10.9 Å². The van der Waals surface area contributed by atoms with E-state index in [1.54, 1.807) is 7.05 Å². The van der Waals surface area contributed by atoms with E-state index in [9.17, 15) is 9.59 Å². The van der Waals surface area contributed by atoms with Crippen LogP contribution in [0.4, 0.5) is 0 Å². The Morgan fingerprint density at radius 3 is 2.45 bits per heavy atom. The average molecular weight is 389 g/mol. The molecule has 0 fully saturated rings. The van der Waals surface area contributed by atoms with E-state index in [0.717, 1.165) is 27.1 Å². The summed E-state index contributed by atoms with van der Waals surface area (Å²) in [6.07, 6.45) is 1.84. The highest BCUT2D eigenvalue weighted by Gasteiger charge is 2.21. The number of rotatable bonds is 4. The van der Waals surface area contributed by atoms with E-state index in [1.165, 1.54) is 11.6 Å². The molecule has 2 heterocycles. The molecule has 6 heteroatoms. The molecular weight excluding hydrogens is 366 g/mol. The summed E-state index contributed by atoms with van der Waals surface area (Å²) in [5.41, 5.74) is 3.47. The van der Waals surface area contributed by atoms with E-state index in [2.05, 4.69) is 0 Å². The molecule has 2 aromatic heterocycles. The summed E-state index contributed by atoms with van der Waals surface area (Å²) in [7, 11) is 3.19. The van der Waals surface area contributed by atoms with Crippen LogP contribution < -0.4 is 16.0 Å². The predicted octanol–water partition coefficient (Wildman–Crippen LogP) is 3.40. The van der Waals surface area contributed by atoms with Gasteiger partial charge >= 0.3 is 5.69 Å². The Morgan fingerprint density at radius 1 is 0.966 bits per heavy atom. The van der Waals surface area contributed by atoms with Gasteiger partial charge in [0.05, 0.1) is 28.9 Å². The number of aryl methyl sites for hydroxylation is 2. The van der Waals surface area contributed by atoms with E-state index in [0.29, 0.717) is 23.3 Å². The summed E-state index contributed by atoms with van der Waals surface area (Å²) >= 11 is 0. The zero-order valence-electron chi connectivity index (χ0n) is 17.0. The molecular formula is C23H23N3O3. The summed E-state index contributed by atoms with van der Waals surface area (Å²) in [6, 6.07) is 15.7. The van der Waals surface area contributed by atoms with E-state index in [1.807, 2.05) is 73.1 Å². The molecule has 4 rings (SSSR count). The van der Waals surface area contributed by atoms with Crippen molar-refractivity contribution in [3.8, 4) is 22.7 Å². The Hall–Kier alpha value is -3.54. The number of fused-ring (bicyclic) bond motifs is 1. The second-order valence-corrected chi connectivity index (χ2v) is 7.08. The molecule has 0 amide bonds. The lowest BCUT2D eigenvalue weighted by Crippen LogP contribution is -2.36. The summed E-state index contributed by atoms with van der Waals surface area (Å²) < 4.78 is 10.4. The highest BCUT2D eigenvalue weighted by Crippen LogP contribution is 2.34. The fourth-order valence-corrected chi connectivity index (χ4v) is 3.74. The van der Waals surface area contributed by atoms with Crippen molar-refractivity contribution in [2.45, 2.75) is 13.8 Å². The van der Waals surface area contributed by atoms with E-state index < -0.39 is 0 Å². The fourth-order valence-electron chi connectivity index (χ4n) is 3.74. The second kappa shape index (κ2) is 7.13. The standard InChI is InChI=1S/C23H23N3O3/c1-5-29-19-12-7-6-11-17(19)26-14-18-20(22(27)25(4)23(28)24(18)3)21(26)16-10-8-9-15(2)13-16/h6-14H,5H2,1-4H3. The van der Waals surface area contributed by atoms with Crippen molar-refractivity contribution in [2.75, 3.05) is 6.61 Å². The molecule has 0 saturated heterocycles. The number of para-hydroxylation sites is 2. The van der Waals surface area contributed by atoms with Crippen LogP contribution in [0.1, 0.15) is 12.5 Å². The van der Waals surface area contributed by atoms with Gasteiger partial charge in [-0.3, -0.25) is 13.9 Å². The molecule has 0 unspecified atom stereocenters. The highest BCUT2D eigenvalue weighted by atomic mass is 16.5. The molecule has 148 valence electrons. The summed E-state index contributed by atoms with van der Waals surface area (Å²) in [5.74, 6) is 0.714. The fraction of sp³-hybridized carbons (Fsp3) is 0.217. The van der Waals surface area contributed by atoms with Crippen LogP contribution in [0.3, 0.4) is 0 Å². The minimum Gasteiger partial charge on any atom is -0.492 e. The highest BCUT2D eigenvalue weighted by molar-refractivity contribution is 5.95. The Morgan fingerprint density at radius 2 is 1.72 bits per heavy atom. The summed E-state index contributed by atoms with van der Waals surface area (Å²) in [4.78, 5) is 25.7. The molecule has 0 aliphatic heterocycles. The Labute approximate surface area is 168 Å². The van der Waals surface area contributed by atoms with Gasteiger partial charge in [0, 0.05) is 20.3 Å². The first-order chi connectivity index (χ1) is 13.9. The van der Waals surface area contributed by atoms with Gasteiger partial charge in [-0.1, -0.05) is 35.9 Å².